The van der Waals surface area contributed by atoms with E-state index in [1.807, 2.05) is 19.9 Å². The molecule has 1 atom stereocenters. The Morgan fingerprint density at radius 1 is 1.29 bits per heavy atom. The molecule has 0 spiro atoms. The predicted molar refractivity (Wildman–Crippen MR) is 79.8 cm³/mol. The van der Waals surface area contributed by atoms with Crippen LogP contribution in [-0.4, -0.2) is 28.8 Å². The number of ether oxygens (including phenoxy) is 1. The van der Waals surface area contributed by atoms with Crippen LogP contribution in [0.3, 0.4) is 0 Å². The molecule has 1 heterocycles. The van der Waals surface area contributed by atoms with Gasteiger partial charge in [0, 0.05) is 6.42 Å². The summed E-state index contributed by atoms with van der Waals surface area (Å²) in [4.78, 5) is 25.1. The van der Waals surface area contributed by atoms with E-state index in [2.05, 4.69) is 0 Å². The Morgan fingerprint density at radius 3 is 2.43 bits per heavy atom. The zero-order chi connectivity index (χ0) is 15.9. The minimum Gasteiger partial charge on any atom is -0.480 e. The van der Waals surface area contributed by atoms with Gasteiger partial charge in [-0.3, -0.25) is 4.90 Å². The van der Waals surface area contributed by atoms with Gasteiger partial charge >= 0.3 is 12.1 Å². The predicted octanol–water partition coefficient (Wildman–Crippen LogP) is 3.05. The fourth-order valence-electron chi connectivity index (χ4n) is 2.53. The van der Waals surface area contributed by atoms with Crippen molar-refractivity contribution in [1.29, 1.82) is 0 Å². The zero-order valence-electron chi connectivity index (χ0n) is 13.1. The van der Waals surface area contributed by atoms with E-state index in [-0.39, 0.29) is 0 Å². The largest absolute Gasteiger partial charge is 0.480 e. The van der Waals surface area contributed by atoms with Crippen molar-refractivity contribution in [3.63, 3.8) is 0 Å². The van der Waals surface area contributed by atoms with Gasteiger partial charge in [0.25, 0.3) is 0 Å². The van der Waals surface area contributed by atoms with E-state index in [1.165, 1.54) is 4.90 Å². The number of hydrogen-bond donors (Lipinski definition) is 1. The molecule has 21 heavy (non-hydrogen) atoms. The molecule has 0 aliphatic carbocycles. The molecule has 114 valence electrons. The van der Waals surface area contributed by atoms with Crippen LogP contribution < -0.4 is 4.90 Å². The van der Waals surface area contributed by atoms with Crippen molar-refractivity contribution in [2.24, 2.45) is 0 Å². The second-order valence-electron chi connectivity index (χ2n) is 6.41. The number of rotatable bonds is 1. The molecule has 0 saturated carbocycles. The number of benzene rings is 1. The Labute approximate surface area is 124 Å². The van der Waals surface area contributed by atoms with E-state index >= 15 is 0 Å². The summed E-state index contributed by atoms with van der Waals surface area (Å²) in [6.45, 7) is 9.21. The lowest BCUT2D eigenvalue weighted by molar-refractivity contribution is -0.138. The molecule has 0 bridgehead atoms. The summed E-state index contributed by atoms with van der Waals surface area (Å²) in [6.07, 6.45) is -0.297. The van der Waals surface area contributed by atoms with Crippen molar-refractivity contribution in [2.45, 2.75) is 52.7 Å². The van der Waals surface area contributed by atoms with E-state index in [0.29, 0.717) is 12.1 Å². The summed E-state index contributed by atoms with van der Waals surface area (Å²) in [7, 11) is 0. The molecule has 1 aliphatic heterocycles. The number of carboxylic acid groups (broad SMARTS) is 1. The first-order valence-electron chi connectivity index (χ1n) is 6.96. The maximum atomic E-state index is 12.4. The van der Waals surface area contributed by atoms with Crippen molar-refractivity contribution >= 4 is 17.7 Å². The van der Waals surface area contributed by atoms with E-state index in [9.17, 15) is 14.7 Å². The van der Waals surface area contributed by atoms with Crippen LogP contribution in [0, 0.1) is 13.8 Å². The standard InChI is InChI=1S/C16H21NO4/c1-9-6-7-12-11(10(9)2)8-13(14(18)19)17(12)15(20)21-16(3,4)5/h6-7,13H,8H2,1-5H3,(H,18,19)/t13-/m1/s1. The molecule has 0 fully saturated rings. The molecular weight excluding hydrogens is 270 g/mol. The number of carbonyl (C=O) groups is 2. The van der Waals surface area contributed by atoms with Crippen LogP contribution in [0.4, 0.5) is 10.5 Å². The molecule has 0 saturated heterocycles. The average Bonchev–Trinajstić information content (AvgIpc) is 2.72. The van der Waals surface area contributed by atoms with Crippen molar-refractivity contribution in [1.82, 2.24) is 0 Å². The highest BCUT2D eigenvalue weighted by molar-refractivity contribution is 5.99. The molecule has 2 rings (SSSR count). The summed E-state index contributed by atoms with van der Waals surface area (Å²) in [5, 5.41) is 9.41. The van der Waals surface area contributed by atoms with Gasteiger partial charge in [-0.25, -0.2) is 9.59 Å². The number of aliphatic carboxylic acids is 1. The molecule has 5 nitrogen and oxygen atoms in total. The van der Waals surface area contributed by atoms with Gasteiger partial charge in [0.1, 0.15) is 11.6 Å². The minimum atomic E-state index is -1.02. The highest BCUT2D eigenvalue weighted by Gasteiger charge is 2.41. The first kappa shape index (κ1) is 15.4. The molecule has 0 aromatic heterocycles. The quantitative estimate of drug-likeness (QED) is 0.863. The molecule has 1 amide bonds. The van der Waals surface area contributed by atoms with E-state index in [0.717, 1.165) is 16.7 Å². The summed E-state index contributed by atoms with van der Waals surface area (Å²) in [5.41, 5.74) is 3.00. The van der Waals surface area contributed by atoms with Gasteiger partial charge in [0.2, 0.25) is 0 Å². The van der Waals surface area contributed by atoms with E-state index < -0.39 is 23.7 Å². The first-order chi connectivity index (χ1) is 9.61. The van der Waals surface area contributed by atoms with Crippen LogP contribution in [0.15, 0.2) is 12.1 Å². The van der Waals surface area contributed by atoms with Gasteiger partial charge in [-0.15, -0.1) is 0 Å². The number of amides is 1. The summed E-state index contributed by atoms with van der Waals surface area (Å²) >= 11 is 0. The third-order valence-electron chi connectivity index (χ3n) is 3.69. The third-order valence-corrected chi connectivity index (χ3v) is 3.69. The van der Waals surface area contributed by atoms with Crippen molar-refractivity contribution in [3.8, 4) is 0 Å². The fourth-order valence-corrected chi connectivity index (χ4v) is 2.53. The minimum absolute atomic E-state index is 0.317. The summed E-state index contributed by atoms with van der Waals surface area (Å²) in [6, 6.07) is 2.79. The third kappa shape index (κ3) is 2.86. The van der Waals surface area contributed by atoms with Crippen LogP contribution in [0.5, 0.6) is 0 Å². The van der Waals surface area contributed by atoms with Gasteiger partial charge in [-0.1, -0.05) is 6.07 Å². The number of anilines is 1. The van der Waals surface area contributed by atoms with Gasteiger partial charge < -0.3 is 9.84 Å². The van der Waals surface area contributed by atoms with Crippen LogP contribution in [-0.2, 0) is 16.0 Å². The highest BCUT2D eigenvalue weighted by Crippen LogP contribution is 2.36. The Kier molecular flexibility index (Phi) is 3.70. The molecule has 0 unspecified atom stereocenters. The van der Waals surface area contributed by atoms with Crippen molar-refractivity contribution in [2.75, 3.05) is 4.90 Å². The van der Waals surface area contributed by atoms with Crippen molar-refractivity contribution < 1.29 is 19.4 Å². The molecular formula is C16H21NO4. The fraction of sp³-hybridized carbons (Fsp3) is 0.500. The second-order valence-corrected chi connectivity index (χ2v) is 6.41. The lowest BCUT2D eigenvalue weighted by Crippen LogP contribution is -2.45. The van der Waals surface area contributed by atoms with Crippen LogP contribution >= 0.6 is 0 Å². The number of hydrogen-bond acceptors (Lipinski definition) is 3. The molecule has 1 aromatic rings. The van der Waals surface area contributed by atoms with E-state index in [1.54, 1.807) is 26.8 Å². The Morgan fingerprint density at radius 2 is 1.90 bits per heavy atom. The lowest BCUT2D eigenvalue weighted by atomic mass is 10.00. The highest BCUT2D eigenvalue weighted by atomic mass is 16.6. The summed E-state index contributed by atoms with van der Waals surface area (Å²) in [5.74, 6) is -1.02. The Balaban J connectivity index is 2.46. The Bertz CT molecular complexity index is 601. The van der Waals surface area contributed by atoms with E-state index in [4.69, 9.17) is 4.74 Å². The molecule has 0 radical (unpaired) electrons. The van der Waals surface area contributed by atoms with Gasteiger partial charge in [-0.05, 0) is 57.4 Å². The SMILES string of the molecule is Cc1ccc2c(c1C)C[C@H](C(=O)O)N2C(=O)OC(C)(C)C. The zero-order valence-corrected chi connectivity index (χ0v) is 13.1. The monoisotopic (exact) mass is 291 g/mol. The number of fused-ring (bicyclic) bond motifs is 1. The number of carbonyl (C=O) groups excluding carboxylic acids is 1. The number of nitrogens with zero attached hydrogens (tertiary/aromatic N) is 1. The van der Waals surface area contributed by atoms with Crippen LogP contribution in [0.1, 0.15) is 37.5 Å². The maximum absolute atomic E-state index is 12.4. The molecule has 1 aliphatic rings. The molecule has 1 aromatic carbocycles. The van der Waals surface area contributed by atoms with Gasteiger partial charge in [-0.2, -0.15) is 0 Å². The van der Waals surface area contributed by atoms with Crippen LogP contribution in [0.25, 0.3) is 0 Å². The normalized spacial score (nSPS) is 17.6. The van der Waals surface area contributed by atoms with Crippen LogP contribution in [0.2, 0.25) is 0 Å². The Hall–Kier alpha value is -2.04. The summed E-state index contributed by atoms with van der Waals surface area (Å²) < 4.78 is 5.35. The first-order valence-corrected chi connectivity index (χ1v) is 6.96. The van der Waals surface area contributed by atoms with Gasteiger partial charge in [0.05, 0.1) is 5.69 Å². The topological polar surface area (TPSA) is 66.8 Å². The number of carboxylic acids is 1. The molecule has 5 heteroatoms. The smallest absolute Gasteiger partial charge is 0.415 e. The van der Waals surface area contributed by atoms with Crippen molar-refractivity contribution in [3.05, 3.63) is 28.8 Å². The molecule has 1 N–H and O–H groups in total. The van der Waals surface area contributed by atoms with Gasteiger partial charge in [0.15, 0.2) is 0 Å². The maximum Gasteiger partial charge on any atom is 0.415 e. The lowest BCUT2D eigenvalue weighted by Gasteiger charge is -2.27. The average molecular weight is 291 g/mol. The number of aryl methyl sites for hydroxylation is 1. The second kappa shape index (κ2) is 5.06.